The molecule has 2 rings (SSSR count). The maximum Gasteiger partial charge on any atom is 0.0124 e. The van der Waals surface area contributed by atoms with Crippen molar-refractivity contribution in [1.29, 1.82) is 0 Å². The first-order valence-electron chi connectivity index (χ1n) is 9.87. The fourth-order valence-electron chi connectivity index (χ4n) is 5.29. The van der Waals surface area contributed by atoms with Crippen LogP contribution in [0.25, 0.3) is 0 Å². The van der Waals surface area contributed by atoms with E-state index in [0.29, 0.717) is 0 Å². The Morgan fingerprint density at radius 1 is 0.857 bits per heavy atom. The average molecular weight is 294 g/mol. The minimum Gasteiger partial charge on any atom is -0.313 e. The van der Waals surface area contributed by atoms with Crippen LogP contribution in [0.5, 0.6) is 0 Å². The molecule has 0 aliphatic heterocycles. The first kappa shape index (κ1) is 17.3. The Hall–Kier alpha value is -0.0400. The van der Waals surface area contributed by atoms with E-state index in [2.05, 4.69) is 33.0 Å². The SMILES string of the molecule is CCCNC(C1CCC(CC)CC1)C1CC(C)CC(C)C1. The third kappa shape index (κ3) is 4.98. The lowest BCUT2D eigenvalue weighted by Crippen LogP contribution is -2.46. The molecule has 2 fully saturated rings. The van der Waals surface area contributed by atoms with E-state index in [4.69, 9.17) is 0 Å². The van der Waals surface area contributed by atoms with Gasteiger partial charge in [-0.2, -0.15) is 0 Å². The Kier molecular flexibility index (Phi) is 7.05. The van der Waals surface area contributed by atoms with Crippen LogP contribution in [0.1, 0.15) is 85.5 Å². The van der Waals surface area contributed by atoms with Crippen molar-refractivity contribution in [2.75, 3.05) is 6.54 Å². The zero-order chi connectivity index (χ0) is 15.2. The highest BCUT2D eigenvalue weighted by Gasteiger charge is 2.35. The van der Waals surface area contributed by atoms with Crippen LogP contribution in [0.3, 0.4) is 0 Å². The van der Waals surface area contributed by atoms with Gasteiger partial charge in [-0.15, -0.1) is 0 Å². The zero-order valence-electron chi connectivity index (χ0n) is 15.0. The summed E-state index contributed by atoms with van der Waals surface area (Å²) in [5.74, 6) is 4.81. The van der Waals surface area contributed by atoms with Gasteiger partial charge in [-0.25, -0.2) is 0 Å². The zero-order valence-corrected chi connectivity index (χ0v) is 15.0. The van der Waals surface area contributed by atoms with Crippen LogP contribution in [0.4, 0.5) is 0 Å². The van der Waals surface area contributed by atoms with Crippen molar-refractivity contribution in [2.45, 2.75) is 91.5 Å². The summed E-state index contributed by atoms with van der Waals surface area (Å²) in [6.45, 7) is 10.9. The van der Waals surface area contributed by atoms with Gasteiger partial charge in [0.25, 0.3) is 0 Å². The summed E-state index contributed by atoms with van der Waals surface area (Å²) in [5, 5.41) is 3.98. The lowest BCUT2D eigenvalue weighted by molar-refractivity contribution is 0.115. The van der Waals surface area contributed by atoms with Crippen molar-refractivity contribution >= 4 is 0 Å². The highest BCUT2D eigenvalue weighted by Crippen LogP contribution is 2.41. The minimum absolute atomic E-state index is 0.813. The molecule has 0 aromatic heterocycles. The molecule has 0 aromatic carbocycles. The van der Waals surface area contributed by atoms with Gasteiger partial charge >= 0.3 is 0 Å². The Morgan fingerprint density at radius 3 is 2.00 bits per heavy atom. The van der Waals surface area contributed by atoms with Gasteiger partial charge in [-0.3, -0.25) is 0 Å². The molecule has 0 heterocycles. The van der Waals surface area contributed by atoms with Gasteiger partial charge in [0, 0.05) is 6.04 Å². The molecule has 0 spiro atoms. The molecule has 1 nitrogen and oxygen atoms in total. The molecule has 1 N–H and O–H groups in total. The molecule has 3 atom stereocenters. The monoisotopic (exact) mass is 293 g/mol. The van der Waals surface area contributed by atoms with Gasteiger partial charge in [0.15, 0.2) is 0 Å². The summed E-state index contributed by atoms with van der Waals surface area (Å²) in [7, 11) is 0. The number of nitrogens with one attached hydrogen (secondary N) is 1. The molecule has 2 aliphatic rings. The highest BCUT2D eigenvalue weighted by atomic mass is 14.9. The fraction of sp³-hybridized carbons (Fsp3) is 1.00. The normalized spacial score (nSPS) is 39.1. The largest absolute Gasteiger partial charge is 0.313 e. The molecule has 0 aromatic rings. The first-order valence-corrected chi connectivity index (χ1v) is 9.87. The van der Waals surface area contributed by atoms with E-state index in [0.717, 1.165) is 35.6 Å². The fourth-order valence-corrected chi connectivity index (χ4v) is 5.29. The maximum atomic E-state index is 3.98. The number of rotatable bonds is 6. The molecule has 2 saturated carbocycles. The molecule has 21 heavy (non-hydrogen) atoms. The second-order valence-corrected chi connectivity index (χ2v) is 8.35. The van der Waals surface area contributed by atoms with Crippen molar-refractivity contribution in [3.63, 3.8) is 0 Å². The van der Waals surface area contributed by atoms with Gasteiger partial charge in [-0.05, 0) is 74.7 Å². The first-order chi connectivity index (χ1) is 10.1. The quantitative estimate of drug-likeness (QED) is 0.668. The van der Waals surface area contributed by atoms with Gasteiger partial charge < -0.3 is 5.32 Å². The summed E-state index contributed by atoms with van der Waals surface area (Å²) in [4.78, 5) is 0. The van der Waals surface area contributed by atoms with E-state index in [1.807, 2.05) is 0 Å². The molecule has 1 heteroatoms. The van der Waals surface area contributed by atoms with Gasteiger partial charge in [-0.1, -0.05) is 47.0 Å². The van der Waals surface area contributed by atoms with E-state index < -0.39 is 0 Å². The number of hydrogen-bond acceptors (Lipinski definition) is 1. The van der Waals surface area contributed by atoms with Gasteiger partial charge in [0.2, 0.25) is 0 Å². The van der Waals surface area contributed by atoms with Crippen molar-refractivity contribution in [3.05, 3.63) is 0 Å². The van der Waals surface area contributed by atoms with Crippen LogP contribution >= 0.6 is 0 Å². The topological polar surface area (TPSA) is 12.0 Å². The van der Waals surface area contributed by atoms with Crippen LogP contribution < -0.4 is 5.32 Å². The predicted octanol–water partition coefficient (Wildman–Crippen LogP) is 5.64. The molecular formula is C20H39N. The van der Waals surface area contributed by atoms with E-state index >= 15 is 0 Å². The van der Waals surface area contributed by atoms with E-state index in [1.165, 1.54) is 64.3 Å². The summed E-state index contributed by atoms with van der Waals surface area (Å²) < 4.78 is 0. The smallest absolute Gasteiger partial charge is 0.0124 e. The highest BCUT2D eigenvalue weighted by molar-refractivity contribution is 4.90. The number of hydrogen-bond donors (Lipinski definition) is 1. The second-order valence-electron chi connectivity index (χ2n) is 8.35. The Labute approximate surface area is 133 Å². The lowest BCUT2D eigenvalue weighted by atomic mass is 9.67. The van der Waals surface area contributed by atoms with Crippen LogP contribution in [0.2, 0.25) is 0 Å². The molecule has 0 amide bonds. The predicted molar refractivity (Wildman–Crippen MR) is 93.5 cm³/mol. The van der Waals surface area contributed by atoms with Crippen molar-refractivity contribution in [2.24, 2.45) is 29.6 Å². The molecular weight excluding hydrogens is 254 g/mol. The van der Waals surface area contributed by atoms with Crippen molar-refractivity contribution in [3.8, 4) is 0 Å². The Bertz CT molecular complexity index is 270. The summed E-state index contributed by atoms with van der Waals surface area (Å²) in [5.41, 5.74) is 0. The molecule has 2 aliphatic carbocycles. The van der Waals surface area contributed by atoms with Crippen LogP contribution in [0.15, 0.2) is 0 Å². The summed E-state index contributed by atoms with van der Waals surface area (Å²) in [6, 6.07) is 0.813. The van der Waals surface area contributed by atoms with Crippen LogP contribution in [-0.2, 0) is 0 Å². The minimum atomic E-state index is 0.813. The lowest BCUT2D eigenvalue weighted by Gasteiger charge is -2.42. The van der Waals surface area contributed by atoms with Gasteiger partial charge in [0.1, 0.15) is 0 Å². The standard InChI is InChI=1S/C20H39N/c1-5-11-21-20(18-9-7-17(6-2)8-10-18)19-13-15(3)12-16(4)14-19/h15-21H,5-14H2,1-4H3. The average Bonchev–Trinajstić information content (AvgIpc) is 2.47. The Morgan fingerprint density at radius 2 is 1.48 bits per heavy atom. The second kappa shape index (κ2) is 8.56. The molecule has 0 bridgehead atoms. The summed E-state index contributed by atoms with van der Waals surface area (Å²) >= 11 is 0. The van der Waals surface area contributed by atoms with Crippen molar-refractivity contribution in [1.82, 2.24) is 5.32 Å². The molecule has 124 valence electrons. The third-order valence-corrected chi connectivity index (χ3v) is 6.33. The van der Waals surface area contributed by atoms with Crippen LogP contribution in [0, 0.1) is 29.6 Å². The van der Waals surface area contributed by atoms with E-state index in [1.54, 1.807) is 0 Å². The van der Waals surface area contributed by atoms with Crippen molar-refractivity contribution < 1.29 is 0 Å². The molecule has 3 unspecified atom stereocenters. The van der Waals surface area contributed by atoms with E-state index in [9.17, 15) is 0 Å². The molecule has 0 saturated heterocycles. The maximum absolute atomic E-state index is 3.98. The third-order valence-electron chi connectivity index (χ3n) is 6.33. The molecule has 0 radical (unpaired) electrons. The summed E-state index contributed by atoms with van der Waals surface area (Å²) in [6.07, 6.45) is 13.0. The van der Waals surface area contributed by atoms with Gasteiger partial charge in [0.05, 0.1) is 0 Å². The Balaban J connectivity index is 1.96. The van der Waals surface area contributed by atoms with Crippen LogP contribution in [-0.4, -0.2) is 12.6 Å². The van der Waals surface area contributed by atoms with E-state index in [-0.39, 0.29) is 0 Å².